The van der Waals surface area contributed by atoms with Crippen molar-refractivity contribution in [1.29, 1.82) is 0 Å². The first-order valence-electron chi connectivity index (χ1n) is 4.60. The summed E-state index contributed by atoms with van der Waals surface area (Å²) in [5, 5.41) is 4.03. The number of amides is 1. The van der Waals surface area contributed by atoms with Gasteiger partial charge in [0.25, 0.3) is 0 Å². The molecule has 0 bridgehead atoms. The molecule has 90 valence electrons. The van der Waals surface area contributed by atoms with Crippen molar-refractivity contribution in [2.24, 2.45) is 0 Å². The molecule has 0 radical (unpaired) electrons. The predicted octanol–water partition coefficient (Wildman–Crippen LogP) is 2.45. The Kier molecular flexibility index (Phi) is 3.90. The number of nitrogens with zero attached hydrogens (tertiary/aromatic N) is 1. The summed E-state index contributed by atoms with van der Waals surface area (Å²) >= 11 is 1.24. The van der Waals surface area contributed by atoms with Gasteiger partial charge in [0.05, 0.1) is 12.2 Å². The fourth-order valence-corrected chi connectivity index (χ4v) is 1.82. The van der Waals surface area contributed by atoms with Gasteiger partial charge in [0.2, 0.25) is 0 Å². The predicted molar refractivity (Wildman–Crippen MR) is 54.1 cm³/mol. The van der Waals surface area contributed by atoms with Gasteiger partial charge in [0.15, 0.2) is 0 Å². The first-order chi connectivity index (χ1) is 7.30. The Balaban J connectivity index is 2.52. The molecule has 0 aliphatic heterocycles. The van der Waals surface area contributed by atoms with Crippen LogP contribution in [0.2, 0.25) is 0 Å². The van der Waals surface area contributed by atoms with Gasteiger partial charge in [-0.15, -0.1) is 11.3 Å². The quantitative estimate of drug-likeness (QED) is 0.897. The molecule has 0 spiro atoms. The molecule has 1 aromatic heterocycles. The molecular weight excluding hydrogens is 241 g/mol. The topological polar surface area (TPSA) is 42.0 Å². The molecule has 3 nitrogen and oxygen atoms in total. The maximum Gasteiger partial charge on any atom is 0.471 e. The largest absolute Gasteiger partial charge is 0.471 e. The summed E-state index contributed by atoms with van der Waals surface area (Å²) in [5.74, 6) is -1.71. The minimum absolute atomic E-state index is 0.185. The number of carbonyl (C=O) groups is 1. The average molecular weight is 252 g/mol. The van der Waals surface area contributed by atoms with Crippen molar-refractivity contribution in [2.45, 2.75) is 32.5 Å². The summed E-state index contributed by atoms with van der Waals surface area (Å²) in [6.07, 6.45) is -4.84. The van der Waals surface area contributed by atoms with Gasteiger partial charge in [-0.05, 0) is 5.92 Å². The van der Waals surface area contributed by atoms with Crippen LogP contribution in [0.4, 0.5) is 13.2 Å². The molecule has 0 saturated heterocycles. The Morgan fingerprint density at radius 3 is 2.62 bits per heavy atom. The van der Waals surface area contributed by atoms with E-state index in [4.69, 9.17) is 0 Å². The highest BCUT2D eigenvalue weighted by molar-refractivity contribution is 7.09. The fraction of sp³-hybridized carbons (Fsp3) is 0.556. The van der Waals surface area contributed by atoms with Gasteiger partial charge in [0.1, 0.15) is 5.01 Å². The molecule has 16 heavy (non-hydrogen) atoms. The molecule has 7 heteroatoms. The number of halogens is 3. The number of carbonyl (C=O) groups excluding carboxylic acids is 1. The van der Waals surface area contributed by atoms with Gasteiger partial charge in [-0.3, -0.25) is 4.79 Å². The fourth-order valence-electron chi connectivity index (χ4n) is 0.928. The van der Waals surface area contributed by atoms with Crippen LogP contribution < -0.4 is 5.32 Å². The molecule has 0 unspecified atom stereocenters. The molecular formula is C9H11F3N2OS. The van der Waals surface area contributed by atoms with Crippen molar-refractivity contribution in [1.82, 2.24) is 10.3 Å². The third kappa shape index (κ3) is 3.48. The van der Waals surface area contributed by atoms with Gasteiger partial charge in [0, 0.05) is 5.38 Å². The van der Waals surface area contributed by atoms with Crippen molar-refractivity contribution < 1.29 is 18.0 Å². The van der Waals surface area contributed by atoms with Crippen LogP contribution in [0.1, 0.15) is 30.5 Å². The Morgan fingerprint density at radius 2 is 2.19 bits per heavy atom. The van der Waals surface area contributed by atoms with Crippen LogP contribution >= 0.6 is 11.3 Å². The van der Waals surface area contributed by atoms with Crippen molar-refractivity contribution in [3.8, 4) is 0 Å². The second-order valence-corrected chi connectivity index (χ2v) is 4.44. The molecule has 1 heterocycles. The summed E-state index contributed by atoms with van der Waals surface area (Å²) < 4.78 is 35.6. The van der Waals surface area contributed by atoms with E-state index in [1.165, 1.54) is 11.3 Å². The van der Waals surface area contributed by atoms with Gasteiger partial charge in [-0.1, -0.05) is 13.8 Å². The lowest BCUT2D eigenvalue weighted by atomic mass is 10.2. The number of hydrogen-bond donors (Lipinski definition) is 1. The van der Waals surface area contributed by atoms with Crippen molar-refractivity contribution >= 4 is 17.2 Å². The molecule has 0 atom stereocenters. The molecule has 0 aliphatic rings. The summed E-state index contributed by atoms with van der Waals surface area (Å²) in [6, 6.07) is 0. The molecule has 0 fully saturated rings. The molecule has 0 aliphatic carbocycles. The number of alkyl halides is 3. The zero-order chi connectivity index (χ0) is 12.3. The zero-order valence-electron chi connectivity index (χ0n) is 8.76. The van der Waals surface area contributed by atoms with Crippen LogP contribution in [0.15, 0.2) is 5.38 Å². The van der Waals surface area contributed by atoms with E-state index in [9.17, 15) is 18.0 Å². The molecule has 0 saturated carbocycles. The van der Waals surface area contributed by atoms with Crippen LogP contribution in [-0.4, -0.2) is 17.1 Å². The number of hydrogen-bond acceptors (Lipinski definition) is 3. The smallest absolute Gasteiger partial charge is 0.342 e. The van der Waals surface area contributed by atoms with E-state index >= 15 is 0 Å². The highest BCUT2D eigenvalue weighted by Gasteiger charge is 2.38. The Morgan fingerprint density at radius 1 is 1.56 bits per heavy atom. The first kappa shape index (κ1) is 13.0. The maximum atomic E-state index is 11.9. The minimum Gasteiger partial charge on any atom is -0.342 e. The third-order valence-corrected chi connectivity index (χ3v) is 2.69. The third-order valence-electron chi connectivity index (χ3n) is 1.82. The van der Waals surface area contributed by atoms with Crippen molar-refractivity contribution in [3.63, 3.8) is 0 Å². The van der Waals surface area contributed by atoms with Gasteiger partial charge < -0.3 is 5.32 Å². The van der Waals surface area contributed by atoms with E-state index < -0.39 is 12.1 Å². The lowest BCUT2D eigenvalue weighted by molar-refractivity contribution is -0.173. The van der Waals surface area contributed by atoms with Crippen LogP contribution in [-0.2, 0) is 11.3 Å². The van der Waals surface area contributed by atoms with Gasteiger partial charge >= 0.3 is 12.1 Å². The Bertz CT molecular complexity index is 373. The Labute approximate surface area is 94.7 Å². The van der Waals surface area contributed by atoms with Crippen LogP contribution in [0.5, 0.6) is 0 Å². The highest BCUT2D eigenvalue weighted by Crippen LogP contribution is 2.18. The van der Waals surface area contributed by atoms with Gasteiger partial charge in [-0.25, -0.2) is 4.98 Å². The molecule has 0 aromatic carbocycles. The van der Waals surface area contributed by atoms with Gasteiger partial charge in [-0.2, -0.15) is 13.2 Å². The standard InChI is InChI=1S/C9H11F3N2OS/c1-5(2)6-4-16-7(14-6)3-13-8(15)9(10,11)12/h4-5H,3H2,1-2H3,(H,13,15). The molecule has 1 rings (SSSR count). The second-order valence-electron chi connectivity index (χ2n) is 3.50. The lowest BCUT2D eigenvalue weighted by Gasteiger charge is -2.05. The van der Waals surface area contributed by atoms with E-state index in [-0.39, 0.29) is 12.5 Å². The second kappa shape index (κ2) is 4.82. The Hall–Kier alpha value is -1.11. The van der Waals surface area contributed by atoms with E-state index in [0.29, 0.717) is 5.01 Å². The molecule has 1 amide bonds. The van der Waals surface area contributed by atoms with Crippen molar-refractivity contribution in [2.75, 3.05) is 0 Å². The van der Waals surface area contributed by atoms with E-state index in [2.05, 4.69) is 4.98 Å². The molecule has 1 aromatic rings. The summed E-state index contributed by atoms with van der Waals surface area (Å²) in [5.41, 5.74) is 0.821. The summed E-state index contributed by atoms with van der Waals surface area (Å²) in [4.78, 5) is 14.6. The van der Waals surface area contributed by atoms with E-state index in [1.807, 2.05) is 13.8 Å². The van der Waals surface area contributed by atoms with Crippen molar-refractivity contribution in [3.05, 3.63) is 16.1 Å². The number of thiazole rings is 1. The minimum atomic E-state index is -4.84. The van der Waals surface area contributed by atoms with E-state index in [0.717, 1.165) is 5.69 Å². The highest BCUT2D eigenvalue weighted by atomic mass is 32.1. The number of aromatic nitrogens is 1. The summed E-state index contributed by atoms with van der Waals surface area (Å²) in [6.45, 7) is 3.69. The average Bonchev–Trinajstić information content (AvgIpc) is 2.60. The number of nitrogens with one attached hydrogen (secondary N) is 1. The first-order valence-corrected chi connectivity index (χ1v) is 5.48. The summed E-state index contributed by atoms with van der Waals surface area (Å²) in [7, 11) is 0. The monoisotopic (exact) mass is 252 g/mol. The molecule has 1 N–H and O–H groups in total. The number of rotatable bonds is 3. The van der Waals surface area contributed by atoms with Crippen LogP contribution in [0.25, 0.3) is 0 Å². The van der Waals surface area contributed by atoms with Crippen LogP contribution in [0.3, 0.4) is 0 Å². The zero-order valence-corrected chi connectivity index (χ0v) is 9.58. The normalized spacial score (nSPS) is 11.9. The maximum absolute atomic E-state index is 11.9. The lowest BCUT2D eigenvalue weighted by Crippen LogP contribution is -2.36. The van der Waals surface area contributed by atoms with Crippen LogP contribution in [0, 0.1) is 0 Å². The van der Waals surface area contributed by atoms with E-state index in [1.54, 1.807) is 10.7 Å². The SMILES string of the molecule is CC(C)c1csc(CNC(=O)C(F)(F)F)n1.